The van der Waals surface area contributed by atoms with Crippen molar-refractivity contribution in [3.8, 4) is 0 Å². The summed E-state index contributed by atoms with van der Waals surface area (Å²) in [5, 5.41) is 2.08. The molecule has 0 radical (unpaired) electrons. The Morgan fingerprint density at radius 2 is 1.96 bits per heavy atom. The summed E-state index contributed by atoms with van der Waals surface area (Å²) in [5.41, 5.74) is 0.964. The van der Waals surface area contributed by atoms with Gasteiger partial charge in [0.25, 0.3) is 5.91 Å². The predicted octanol–water partition coefficient (Wildman–Crippen LogP) is 4.06. The zero-order chi connectivity index (χ0) is 18.5. The van der Waals surface area contributed by atoms with E-state index in [1.807, 2.05) is 11.8 Å². The molecular formula is C21H34N2O2S. The van der Waals surface area contributed by atoms with Crippen molar-refractivity contribution in [3.63, 3.8) is 0 Å². The van der Waals surface area contributed by atoms with E-state index in [1.54, 1.807) is 11.8 Å². The first-order chi connectivity index (χ1) is 12.7. The third kappa shape index (κ3) is 4.29. The average Bonchev–Trinajstić information content (AvgIpc) is 3.14. The van der Waals surface area contributed by atoms with Crippen LogP contribution in [0.5, 0.6) is 0 Å². The van der Waals surface area contributed by atoms with E-state index in [4.69, 9.17) is 0 Å². The zero-order valence-electron chi connectivity index (χ0n) is 16.4. The molecule has 0 aromatic carbocycles. The molecule has 4 nitrogen and oxygen atoms in total. The summed E-state index contributed by atoms with van der Waals surface area (Å²) < 4.78 is 0. The molecule has 2 amide bonds. The molecule has 0 bridgehead atoms. The van der Waals surface area contributed by atoms with Crippen molar-refractivity contribution in [1.29, 1.82) is 0 Å². The second kappa shape index (κ2) is 9.29. The van der Waals surface area contributed by atoms with Gasteiger partial charge in [-0.1, -0.05) is 26.7 Å². The minimum Gasteiger partial charge on any atom is -0.342 e. The number of thioether (sulfide) groups is 1. The van der Waals surface area contributed by atoms with Crippen molar-refractivity contribution < 1.29 is 9.59 Å². The Kier molecular flexibility index (Phi) is 7.07. The Morgan fingerprint density at radius 1 is 1.19 bits per heavy atom. The normalized spacial score (nSPS) is 28.5. The molecule has 26 heavy (non-hydrogen) atoms. The Morgan fingerprint density at radius 3 is 2.73 bits per heavy atom. The number of amides is 2. The van der Waals surface area contributed by atoms with E-state index >= 15 is 0 Å². The fourth-order valence-corrected chi connectivity index (χ4v) is 6.02. The van der Waals surface area contributed by atoms with Crippen LogP contribution in [-0.2, 0) is 9.59 Å². The molecule has 2 fully saturated rings. The smallest absolute Gasteiger partial charge is 0.250 e. The molecule has 2 heterocycles. The SMILES string of the molecule is CCCN(CC1CSC=C1C(=O)N1CCCC2CCCCC21)C(=O)CC. The second-order valence-electron chi connectivity index (χ2n) is 8.05. The van der Waals surface area contributed by atoms with Crippen molar-refractivity contribution >= 4 is 23.6 Å². The van der Waals surface area contributed by atoms with Gasteiger partial charge >= 0.3 is 0 Å². The monoisotopic (exact) mass is 378 g/mol. The third-order valence-corrected chi connectivity index (χ3v) is 7.30. The van der Waals surface area contributed by atoms with Gasteiger partial charge in [0.15, 0.2) is 0 Å². The number of likely N-dealkylation sites (tertiary alicyclic amines) is 1. The highest BCUT2D eigenvalue weighted by molar-refractivity contribution is 8.02. The van der Waals surface area contributed by atoms with E-state index in [0.717, 1.165) is 37.3 Å². The van der Waals surface area contributed by atoms with Crippen LogP contribution >= 0.6 is 11.8 Å². The number of hydrogen-bond donors (Lipinski definition) is 0. The largest absolute Gasteiger partial charge is 0.342 e. The molecule has 0 aromatic heterocycles. The first kappa shape index (κ1) is 19.8. The summed E-state index contributed by atoms with van der Waals surface area (Å²) in [4.78, 5) is 29.8. The van der Waals surface area contributed by atoms with Gasteiger partial charge in [0.2, 0.25) is 5.91 Å². The number of hydrogen-bond acceptors (Lipinski definition) is 3. The van der Waals surface area contributed by atoms with Crippen molar-refractivity contribution in [2.24, 2.45) is 11.8 Å². The molecule has 0 spiro atoms. The van der Waals surface area contributed by atoms with Gasteiger partial charge in [-0.05, 0) is 43.4 Å². The number of piperidine rings is 1. The van der Waals surface area contributed by atoms with Crippen LogP contribution in [-0.4, -0.2) is 53.0 Å². The van der Waals surface area contributed by atoms with Gasteiger partial charge in [-0.2, -0.15) is 0 Å². The maximum atomic E-state index is 13.4. The van der Waals surface area contributed by atoms with Crippen LogP contribution in [0.15, 0.2) is 11.0 Å². The highest BCUT2D eigenvalue weighted by Gasteiger charge is 2.39. The standard InChI is InChI=1S/C21H34N2O2S/c1-3-11-22(20(24)4-2)13-17-14-26-15-18(17)21(25)23-12-7-9-16-8-5-6-10-19(16)23/h15-17,19H,3-14H2,1-2H3. The highest BCUT2D eigenvalue weighted by atomic mass is 32.2. The maximum absolute atomic E-state index is 13.4. The summed E-state index contributed by atoms with van der Waals surface area (Å²) in [5.74, 6) is 2.31. The lowest BCUT2D eigenvalue weighted by Gasteiger charge is -2.44. The van der Waals surface area contributed by atoms with E-state index in [2.05, 4.69) is 17.2 Å². The Bertz CT molecular complexity index is 546. The molecule has 3 rings (SSSR count). The summed E-state index contributed by atoms with van der Waals surface area (Å²) in [6.07, 6.45) is 9.01. The van der Waals surface area contributed by atoms with Crippen molar-refractivity contribution in [2.45, 2.75) is 71.3 Å². The van der Waals surface area contributed by atoms with Crippen LogP contribution in [0, 0.1) is 11.8 Å². The lowest BCUT2D eigenvalue weighted by atomic mass is 9.78. The average molecular weight is 379 g/mol. The van der Waals surface area contributed by atoms with E-state index in [0.29, 0.717) is 24.9 Å². The molecule has 3 unspecified atom stereocenters. The number of carbonyl (C=O) groups excluding carboxylic acids is 2. The first-order valence-corrected chi connectivity index (χ1v) is 11.6. The summed E-state index contributed by atoms with van der Waals surface area (Å²) in [6, 6.07) is 0.459. The molecule has 146 valence electrons. The molecule has 2 aliphatic heterocycles. The molecule has 3 aliphatic rings. The highest BCUT2D eigenvalue weighted by Crippen LogP contribution is 2.38. The molecule has 0 aromatic rings. The van der Waals surface area contributed by atoms with Gasteiger partial charge in [-0.15, -0.1) is 11.8 Å². The number of fused-ring (bicyclic) bond motifs is 1. The fraction of sp³-hybridized carbons (Fsp3) is 0.810. The molecule has 0 N–H and O–H groups in total. The summed E-state index contributed by atoms with van der Waals surface area (Å²) in [6.45, 7) is 6.45. The molecule has 3 atom stereocenters. The number of carbonyl (C=O) groups is 2. The fourth-order valence-electron chi connectivity index (χ4n) is 4.94. The van der Waals surface area contributed by atoms with Gasteiger partial charge in [-0.25, -0.2) is 0 Å². The second-order valence-corrected chi connectivity index (χ2v) is 8.95. The van der Waals surface area contributed by atoms with Crippen LogP contribution in [0.25, 0.3) is 0 Å². The van der Waals surface area contributed by atoms with Crippen molar-refractivity contribution in [1.82, 2.24) is 9.80 Å². The van der Waals surface area contributed by atoms with Gasteiger partial charge in [0.05, 0.1) is 0 Å². The third-order valence-electron chi connectivity index (χ3n) is 6.29. The summed E-state index contributed by atoms with van der Waals surface area (Å²) >= 11 is 1.74. The minimum atomic E-state index is 0.193. The Labute approximate surface area is 162 Å². The topological polar surface area (TPSA) is 40.6 Å². The van der Waals surface area contributed by atoms with Gasteiger partial charge in [0, 0.05) is 49.3 Å². The van der Waals surface area contributed by atoms with Crippen LogP contribution in [0.4, 0.5) is 0 Å². The van der Waals surface area contributed by atoms with E-state index in [1.165, 1.54) is 32.1 Å². The Hall–Kier alpha value is -0.970. The van der Waals surface area contributed by atoms with Crippen molar-refractivity contribution in [2.75, 3.05) is 25.4 Å². The van der Waals surface area contributed by atoms with Crippen molar-refractivity contribution in [3.05, 3.63) is 11.0 Å². The number of rotatable bonds is 6. The van der Waals surface area contributed by atoms with E-state index < -0.39 is 0 Å². The lowest BCUT2D eigenvalue weighted by molar-refractivity contribution is -0.135. The van der Waals surface area contributed by atoms with Gasteiger partial charge in [0.1, 0.15) is 0 Å². The molecule has 1 saturated heterocycles. The molecule has 1 aliphatic carbocycles. The molecule has 5 heteroatoms. The van der Waals surface area contributed by atoms with Crippen LogP contribution < -0.4 is 0 Å². The van der Waals surface area contributed by atoms with Gasteiger partial charge in [-0.3, -0.25) is 9.59 Å². The molecule has 1 saturated carbocycles. The summed E-state index contributed by atoms with van der Waals surface area (Å²) in [7, 11) is 0. The maximum Gasteiger partial charge on any atom is 0.250 e. The molecular weight excluding hydrogens is 344 g/mol. The number of nitrogens with zero attached hydrogens (tertiary/aromatic N) is 2. The van der Waals surface area contributed by atoms with E-state index in [-0.39, 0.29) is 17.7 Å². The predicted molar refractivity (Wildman–Crippen MR) is 108 cm³/mol. The first-order valence-electron chi connectivity index (χ1n) is 10.6. The Balaban J connectivity index is 1.68. The van der Waals surface area contributed by atoms with E-state index in [9.17, 15) is 9.59 Å². The quantitative estimate of drug-likeness (QED) is 0.700. The lowest BCUT2D eigenvalue weighted by Crippen LogP contribution is -2.51. The van der Waals surface area contributed by atoms with Crippen LogP contribution in [0.2, 0.25) is 0 Å². The minimum absolute atomic E-state index is 0.193. The van der Waals surface area contributed by atoms with Crippen LogP contribution in [0.3, 0.4) is 0 Å². The van der Waals surface area contributed by atoms with Crippen LogP contribution in [0.1, 0.15) is 65.2 Å². The van der Waals surface area contributed by atoms with Gasteiger partial charge < -0.3 is 9.80 Å². The zero-order valence-corrected chi connectivity index (χ0v) is 17.2.